The quantitative estimate of drug-likeness (QED) is 0.666. The molecule has 110 valence electrons. The van der Waals surface area contributed by atoms with Gasteiger partial charge in [-0.2, -0.15) is 18.4 Å². The summed E-state index contributed by atoms with van der Waals surface area (Å²) in [4.78, 5) is 14.8. The number of aromatic amines is 1. The molecule has 3 aromatic heterocycles. The second-order valence-electron chi connectivity index (χ2n) is 4.18. The van der Waals surface area contributed by atoms with Crippen LogP contribution in [0.15, 0.2) is 29.1 Å². The Hall–Kier alpha value is -2.62. The first kappa shape index (κ1) is 13.4. The third-order valence-electron chi connectivity index (χ3n) is 2.50. The molecular formula is C11H11N5O4S. The number of aromatic nitrogens is 4. The molecule has 0 aliphatic rings. The maximum atomic E-state index is 11.2. The van der Waals surface area contributed by atoms with Gasteiger partial charge in [0.2, 0.25) is 0 Å². The molecule has 0 aromatic carbocycles. The summed E-state index contributed by atoms with van der Waals surface area (Å²) < 4.78 is 32.2. The largest absolute Gasteiger partial charge is 0.467 e. The van der Waals surface area contributed by atoms with Crippen molar-refractivity contribution in [3.8, 4) is 6.01 Å². The number of H-pyrrole nitrogens is 1. The van der Waals surface area contributed by atoms with Crippen LogP contribution in [0.1, 0.15) is 5.76 Å². The molecule has 0 fully saturated rings. The lowest BCUT2D eigenvalue weighted by Crippen LogP contribution is -2.10. The van der Waals surface area contributed by atoms with Crippen molar-refractivity contribution in [3.63, 3.8) is 0 Å². The molecule has 3 heterocycles. The highest BCUT2D eigenvalue weighted by molar-refractivity contribution is 7.86. The Balaban J connectivity index is 1.93. The molecule has 21 heavy (non-hydrogen) atoms. The Bertz CT molecular complexity index is 856. The van der Waals surface area contributed by atoms with Gasteiger partial charge in [-0.15, -0.1) is 0 Å². The van der Waals surface area contributed by atoms with E-state index >= 15 is 0 Å². The van der Waals surface area contributed by atoms with Gasteiger partial charge in [0.15, 0.2) is 11.5 Å². The van der Waals surface area contributed by atoms with E-state index < -0.39 is 10.1 Å². The van der Waals surface area contributed by atoms with Gasteiger partial charge in [-0.05, 0) is 12.1 Å². The van der Waals surface area contributed by atoms with Gasteiger partial charge >= 0.3 is 16.1 Å². The van der Waals surface area contributed by atoms with Crippen LogP contribution in [0, 0.1) is 0 Å². The number of furan rings is 1. The van der Waals surface area contributed by atoms with Gasteiger partial charge in [0.25, 0.3) is 0 Å². The van der Waals surface area contributed by atoms with Crippen molar-refractivity contribution in [2.75, 3.05) is 11.6 Å². The molecule has 0 aliphatic heterocycles. The van der Waals surface area contributed by atoms with Gasteiger partial charge < -0.3 is 18.9 Å². The van der Waals surface area contributed by atoms with E-state index in [0.29, 0.717) is 29.3 Å². The molecular weight excluding hydrogens is 298 g/mol. The zero-order chi connectivity index (χ0) is 14.9. The normalized spacial score (nSPS) is 11.7. The van der Waals surface area contributed by atoms with Gasteiger partial charge in [-0.1, -0.05) is 0 Å². The van der Waals surface area contributed by atoms with E-state index in [2.05, 4.69) is 29.4 Å². The van der Waals surface area contributed by atoms with Crippen LogP contribution >= 0.6 is 0 Å². The Morgan fingerprint density at radius 2 is 2.29 bits per heavy atom. The van der Waals surface area contributed by atoms with Gasteiger partial charge in [0.05, 0.1) is 25.4 Å². The van der Waals surface area contributed by atoms with E-state index in [9.17, 15) is 8.42 Å². The number of nitrogens with zero attached hydrogens (tertiary/aromatic N) is 3. The molecule has 0 unspecified atom stereocenters. The van der Waals surface area contributed by atoms with Crippen LogP contribution < -0.4 is 9.50 Å². The number of hydrogen-bond donors (Lipinski definition) is 2. The minimum Gasteiger partial charge on any atom is -0.467 e. The number of nitrogens with one attached hydrogen (secondary N) is 2. The zero-order valence-corrected chi connectivity index (χ0v) is 11.7. The monoisotopic (exact) mass is 309 g/mol. The lowest BCUT2D eigenvalue weighted by molar-refractivity contribution is 0.471. The van der Waals surface area contributed by atoms with Crippen molar-refractivity contribution in [2.45, 2.75) is 6.54 Å². The molecule has 0 aliphatic carbocycles. The highest BCUT2D eigenvalue weighted by atomic mass is 32.2. The predicted octanol–water partition coefficient (Wildman–Crippen LogP) is 0.896. The molecule has 0 amide bonds. The van der Waals surface area contributed by atoms with E-state index in [1.807, 2.05) is 0 Å². The maximum absolute atomic E-state index is 11.2. The van der Waals surface area contributed by atoms with E-state index in [0.717, 1.165) is 6.26 Å². The minimum atomic E-state index is -3.71. The van der Waals surface area contributed by atoms with Crippen LogP contribution in [0.3, 0.4) is 0 Å². The average Bonchev–Trinajstić information content (AvgIpc) is 3.04. The summed E-state index contributed by atoms with van der Waals surface area (Å²) in [5, 5.41) is 3.01. The lowest BCUT2D eigenvalue weighted by atomic mass is 10.4. The van der Waals surface area contributed by atoms with Crippen LogP contribution in [0.4, 0.5) is 5.82 Å². The zero-order valence-electron chi connectivity index (χ0n) is 10.9. The number of imidazole rings is 1. The fraction of sp³-hybridized carbons (Fsp3) is 0.182. The molecule has 3 aromatic rings. The van der Waals surface area contributed by atoms with Crippen LogP contribution in [0.5, 0.6) is 6.01 Å². The van der Waals surface area contributed by atoms with E-state index in [-0.39, 0.29) is 6.01 Å². The van der Waals surface area contributed by atoms with Crippen LogP contribution in [0.2, 0.25) is 0 Å². The third-order valence-corrected chi connectivity index (χ3v) is 2.95. The third kappa shape index (κ3) is 3.11. The fourth-order valence-corrected chi connectivity index (χ4v) is 2.04. The molecule has 10 heteroatoms. The summed E-state index contributed by atoms with van der Waals surface area (Å²) in [5.41, 5.74) is 0.841. The van der Waals surface area contributed by atoms with Crippen molar-refractivity contribution in [1.82, 2.24) is 19.9 Å². The molecule has 2 N–H and O–H groups in total. The molecule has 0 saturated heterocycles. The van der Waals surface area contributed by atoms with Crippen LogP contribution in [-0.2, 0) is 16.7 Å². The SMILES string of the molecule is CS(=O)(=O)Oc1nc(NCc2ccco2)c2[nH]cnc2n1. The minimum absolute atomic E-state index is 0.293. The van der Waals surface area contributed by atoms with Gasteiger partial charge in [-0.3, -0.25) is 0 Å². The smallest absolute Gasteiger partial charge is 0.337 e. The number of anilines is 1. The second kappa shape index (κ2) is 5.05. The maximum Gasteiger partial charge on any atom is 0.337 e. The topological polar surface area (TPSA) is 123 Å². The Morgan fingerprint density at radius 3 is 3.00 bits per heavy atom. The van der Waals surface area contributed by atoms with E-state index in [1.54, 1.807) is 18.4 Å². The lowest BCUT2D eigenvalue weighted by Gasteiger charge is -2.06. The summed E-state index contributed by atoms with van der Waals surface area (Å²) in [7, 11) is -3.71. The van der Waals surface area contributed by atoms with Crippen molar-refractivity contribution >= 4 is 27.1 Å². The highest BCUT2D eigenvalue weighted by Crippen LogP contribution is 2.21. The summed E-state index contributed by atoms with van der Waals surface area (Å²) in [6, 6.07) is 3.27. The predicted molar refractivity (Wildman–Crippen MR) is 73.2 cm³/mol. The van der Waals surface area contributed by atoms with Gasteiger partial charge in [-0.25, -0.2) is 4.98 Å². The fourth-order valence-electron chi connectivity index (χ4n) is 1.70. The Morgan fingerprint density at radius 1 is 1.43 bits per heavy atom. The molecule has 0 bridgehead atoms. The van der Waals surface area contributed by atoms with Crippen molar-refractivity contribution in [2.24, 2.45) is 0 Å². The standard InChI is InChI=1S/C11H11N5O4S/c1-21(17,18)20-11-15-9(8-10(16-11)14-6-13-8)12-5-7-3-2-4-19-7/h2-4,6H,5H2,1H3,(H2,12,13,14,15,16). The Labute approximate surface area is 119 Å². The molecule has 0 spiro atoms. The van der Waals surface area contributed by atoms with E-state index in [1.165, 1.54) is 6.33 Å². The first-order chi connectivity index (χ1) is 10.0. The summed E-state index contributed by atoms with van der Waals surface area (Å²) >= 11 is 0. The molecule has 0 saturated carbocycles. The number of fused-ring (bicyclic) bond motifs is 1. The van der Waals surface area contributed by atoms with Crippen molar-refractivity contribution in [1.29, 1.82) is 0 Å². The second-order valence-corrected chi connectivity index (χ2v) is 5.75. The van der Waals surface area contributed by atoms with Gasteiger partial charge in [0, 0.05) is 0 Å². The van der Waals surface area contributed by atoms with Crippen LogP contribution in [0.25, 0.3) is 11.2 Å². The molecule has 0 radical (unpaired) electrons. The van der Waals surface area contributed by atoms with Crippen molar-refractivity contribution < 1.29 is 17.0 Å². The highest BCUT2D eigenvalue weighted by Gasteiger charge is 2.14. The summed E-state index contributed by atoms with van der Waals surface area (Å²) in [5.74, 6) is 1.07. The first-order valence-electron chi connectivity index (χ1n) is 5.88. The van der Waals surface area contributed by atoms with Crippen molar-refractivity contribution in [3.05, 3.63) is 30.5 Å². The summed E-state index contributed by atoms with van der Waals surface area (Å²) in [6.45, 7) is 0.371. The molecule has 3 rings (SSSR count). The number of hydrogen-bond acceptors (Lipinski definition) is 8. The molecule has 0 atom stereocenters. The van der Waals surface area contributed by atoms with Gasteiger partial charge in [0.1, 0.15) is 11.3 Å². The van der Waals surface area contributed by atoms with Crippen LogP contribution in [-0.4, -0.2) is 34.6 Å². The van der Waals surface area contributed by atoms with E-state index in [4.69, 9.17) is 4.42 Å². The Kier molecular flexibility index (Phi) is 3.22. The number of rotatable bonds is 5. The molecule has 9 nitrogen and oxygen atoms in total. The first-order valence-corrected chi connectivity index (χ1v) is 7.70. The average molecular weight is 309 g/mol. The summed E-state index contributed by atoms with van der Waals surface area (Å²) in [6.07, 6.45) is 3.91.